The normalized spacial score (nSPS) is 16.2. The average Bonchev–Trinajstić information content (AvgIpc) is 3.05. The van der Waals surface area contributed by atoms with Crippen LogP contribution in [0.15, 0.2) is 30.5 Å². The Balaban J connectivity index is 1.61. The Morgan fingerprint density at radius 3 is 2.55 bits per heavy atom. The maximum atomic E-state index is 13.2. The van der Waals surface area contributed by atoms with Gasteiger partial charge in [0.1, 0.15) is 6.54 Å². The molecule has 1 saturated heterocycles. The van der Waals surface area contributed by atoms with Crippen LogP contribution in [0.2, 0.25) is 5.02 Å². The standard InChI is InChI=1S/C25H31ClN6O/c1-16-17(2)29-32(18(16)3)15-23(33)31-12-6-7-20(14-31)24-22(13-27-25(28-24)30(4)5)19-8-10-21(26)11-9-19/h8-11,13,20H,6-7,12,14-15H2,1-5H3/t20-/m0/s1. The first-order chi connectivity index (χ1) is 15.7. The van der Waals surface area contributed by atoms with E-state index in [2.05, 4.69) is 10.1 Å². The van der Waals surface area contributed by atoms with Gasteiger partial charge in [0, 0.05) is 55.6 Å². The predicted octanol–water partition coefficient (Wildman–Crippen LogP) is 4.39. The Hall–Kier alpha value is -2.93. The van der Waals surface area contributed by atoms with Crippen LogP contribution in [0.1, 0.15) is 41.4 Å². The van der Waals surface area contributed by atoms with Crippen molar-refractivity contribution < 1.29 is 4.79 Å². The van der Waals surface area contributed by atoms with Crippen LogP contribution in [-0.2, 0) is 11.3 Å². The number of nitrogens with zero attached hydrogens (tertiary/aromatic N) is 6. The molecule has 4 rings (SSSR count). The van der Waals surface area contributed by atoms with Crippen molar-refractivity contribution in [2.75, 3.05) is 32.1 Å². The summed E-state index contributed by atoms with van der Waals surface area (Å²) >= 11 is 6.11. The molecule has 2 aromatic heterocycles. The SMILES string of the molecule is Cc1nn(CC(=O)N2CCC[C@H](c3nc(N(C)C)ncc3-c3ccc(Cl)cc3)C2)c(C)c1C. The smallest absolute Gasteiger partial charge is 0.244 e. The number of hydrogen-bond donors (Lipinski definition) is 0. The number of benzene rings is 1. The Morgan fingerprint density at radius 2 is 1.91 bits per heavy atom. The minimum absolute atomic E-state index is 0.0974. The number of carbonyl (C=O) groups excluding carboxylic acids is 1. The van der Waals surface area contributed by atoms with Crippen molar-refractivity contribution in [2.24, 2.45) is 0 Å². The van der Waals surface area contributed by atoms with Gasteiger partial charge in [-0.15, -0.1) is 0 Å². The summed E-state index contributed by atoms with van der Waals surface area (Å²) in [6.07, 6.45) is 3.81. The van der Waals surface area contributed by atoms with Crippen LogP contribution in [0.25, 0.3) is 11.1 Å². The Bertz CT molecular complexity index is 1150. The summed E-state index contributed by atoms with van der Waals surface area (Å²) in [5.74, 6) is 0.904. The van der Waals surface area contributed by atoms with Gasteiger partial charge >= 0.3 is 0 Å². The monoisotopic (exact) mass is 466 g/mol. The molecule has 1 fully saturated rings. The summed E-state index contributed by atoms with van der Waals surface area (Å²) < 4.78 is 1.82. The molecule has 0 saturated carbocycles. The molecule has 0 N–H and O–H groups in total. The average molecular weight is 467 g/mol. The van der Waals surface area contributed by atoms with E-state index in [0.717, 1.165) is 53.2 Å². The molecular weight excluding hydrogens is 436 g/mol. The number of piperidine rings is 1. The number of likely N-dealkylation sites (tertiary alicyclic amines) is 1. The number of aryl methyl sites for hydroxylation is 1. The fourth-order valence-electron chi connectivity index (χ4n) is 4.36. The number of anilines is 1. The minimum atomic E-state index is 0.0974. The lowest BCUT2D eigenvalue weighted by Crippen LogP contribution is -2.41. The quantitative estimate of drug-likeness (QED) is 0.557. The zero-order valence-electron chi connectivity index (χ0n) is 20.0. The second kappa shape index (κ2) is 9.51. The van der Waals surface area contributed by atoms with Crippen LogP contribution in [0.5, 0.6) is 0 Å². The molecule has 3 aromatic rings. The molecule has 7 nitrogen and oxygen atoms in total. The van der Waals surface area contributed by atoms with E-state index in [0.29, 0.717) is 17.5 Å². The largest absolute Gasteiger partial charge is 0.347 e. The van der Waals surface area contributed by atoms with Crippen LogP contribution in [0.3, 0.4) is 0 Å². The zero-order chi connectivity index (χ0) is 23.7. The van der Waals surface area contributed by atoms with Gasteiger partial charge in [-0.25, -0.2) is 9.97 Å². The predicted molar refractivity (Wildman–Crippen MR) is 132 cm³/mol. The van der Waals surface area contributed by atoms with Crippen LogP contribution in [0, 0.1) is 20.8 Å². The summed E-state index contributed by atoms with van der Waals surface area (Å²) in [5, 5.41) is 5.24. The van der Waals surface area contributed by atoms with E-state index in [9.17, 15) is 4.79 Å². The maximum Gasteiger partial charge on any atom is 0.244 e. The topological polar surface area (TPSA) is 67.2 Å². The third-order valence-electron chi connectivity index (χ3n) is 6.55. The number of amides is 1. The first kappa shape index (κ1) is 23.2. The summed E-state index contributed by atoms with van der Waals surface area (Å²) in [6, 6.07) is 7.76. The number of halogens is 1. The fraction of sp³-hybridized carbons (Fsp3) is 0.440. The van der Waals surface area contributed by atoms with Crippen LogP contribution < -0.4 is 4.90 Å². The maximum absolute atomic E-state index is 13.2. The molecule has 0 unspecified atom stereocenters. The lowest BCUT2D eigenvalue weighted by molar-refractivity contribution is -0.133. The Labute approximate surface area is 200 Å². The van der Waals surface area contributed by atoms with Gasteiger partial charge < -0.3 is 9.80 Å². The van der Waals surface area contributed by atoms with Gasteiger partial charge in [0.25, 0.3) is 0 Å². The summed E-state index contributed by atoms with van der Waals surface area (Å²) in [6.45, 7) is 7.71. The molecule has 1 amide bonds. The molecule has 1 aromatic carbocycles. The molecule has 1 atom stereocenters. The number of aromatic nitrogens is 4. The molecule has 1 aliphatic rings. The van der Waals surface area contributed by atoms with Crippen molar-refractivity contribution >= 4 is 23.5 Å². The van der Waals surface area contributed by atoms with Gasteiger partial charge in [0.2, 0.25) is 11.9 Å². The van der Waals surface area contributed by atoms with Crippen molar-refractivity contribution in [1.29, 1.82) is 0 Å². The van der Waals surface area contributed by atoms with Crippen molar-refractivity contribution in [3.63, 3.8) is 0 Å². The second-order valence-corrected chi connectivity index (χ2v) is 9.44. The van der Waals surface area contributed by atoms with Gasteiger partial charge in [0.15, 0.2) is 0 Å². The zero-order valence-corrected chi connectivity index (χ0v) is 20.7. The highest BCUT2D eigenvalue weighted by molar-refractivity contribution is 6.30. The molecule has 0 bridgehead atoms. The molecular formula is C25H31ClN6O. The molecule has 0 aliphatic carbocycles. The lowest BCUT2D eigenvalue weighted by Gasteiger charge is -2.33. The highest BCUT2D eigenvalue weighted by Crippen LogP contribution is 2.34. The van der Waals surface area contributed by atoms with Crippen molar-refractivity contribution in [3.05, 3.63) is 58.1 Å². The molecule has 8 heteroatoms. The van der Waals surface area contributed by atoms with E-state index in [4.69, 9.17) is 16.6 Å². The summed E-state index contributed by atoms with van der Waals surface area (Å²) in [4.78, 5) is 26.5. The van der Waals surface area contributed by atoms with Crippen LogP contribution in [-0.4, -0.2) is 57.7 Å². The summed E-state index contributed by atoms with van der Waals surface area (Å²) in [7, 11) is 3.88. The van der Waals surface area contributed by atoms with Gasteiger partial charge in [-0.3, -0.25) is 9.48 Å². The fourth-order valence-corrected chi connectivity index (χ4v) is 4.49. The van der Waals surface area contributed by atoms with E-state index in [1.165, 1.54) is 0 Å². The van der Waals surface area contributed by atoms with E-state index in [1.54, 1.807) is 0 Å². The third-order valence-corrected chi connectivity index (χ3v) is 6.80. The van der Waals surface area contributed by atoms with E-state index < -0.39 is 0 Å². The van der Waals surface area contributed by atoms with Gasteiger partial charge in [-0.2, -0.15) is 5.10 Å². The highest BCUT2D eigenvalue weighted by atomic mass is 35.5. The molecule has 3 heterocycles. The van der Waals surface area contributed by atoms with Crippen molar-refractivity contribution in [3.8, 4) is 11.1 Å². The Kier molecular flexibility index (Phi) is 6.70. The van der Waals surface area contributed by atoms with Crippen LogP contribution >= 0.6 is 11.6 Å². The van der Waals surface area contributed by atoms with E-state index in [-0.39, 0.29) is 18.4 Å². The molecule has 33 heavy (non-hydrogen) atoms. The molecule has 0 radical (unpaired) electrons. The highest BCUT2D eigenvalue weighted by Gasteiger charge is 2.29. The van der Waals surface area contributed by atoms with E-state index in [1.807, 2.05) is 79.8 Å². The lowest BCUT2D eigenvalue weighted by atomic mass is 9.90. The first-order valence-electron chi connectivity index (χ1n) is 11.3. The van der Waals surface area contributed by atoms with Gasteiger partial charge in [-0.05, 0) is 56.9 Å². The second-order valence-electron chi connectivity index (χ2n) is 9.00. The third kappa shape index (κ3) is 4.88. The summed E-state index contributed by atoms with van der Waals surface area (Å²) in [5.41, 5.74) is 6.17. The molecule has 0 spiro atoms. The van der Waals surface area contributed by atoms with E-state index >= 15 is 0 Å². The number of carbonyl (C=O) groups is 1. The minimum Gasteiger partial charge on any atom is -0.347 e. The number of rotatable bonds is 5. The van der Waals surface area contributed by atoms with Gasteiger partial charge in [-0.1, -0.05) is 23.7 Å². The van der Waals surface area contributed by atoms with Gasteiger partial charge in [0.05, 0.1) is 11.4 Å². The van der Waals surface area contributed by atoms with Crippen molar-refractivity contribution in [2.45, 2.75) is 46.1 Å². The molecule has 1 aliphatic heterocycles. The first-order valence-corrected chi connectivity index (χ1v) is 11.7. The van der Waals surface area contributed by atoms with Crippen LogP contribution in [0.4, 0.5) is 5.95 Å². The van der Waals surface area contributed by atoms with Crippen molar-refractivity contribution in [1.82, 2.24) is 24.6 Å². The number of hydrogen-bond acceptors (Lipinski definition) is 5. The molecule has 174 valence electrons. The Morgan fingerprint density at radius 1 is 1.18 bits per heavy atom.